The van der Waals surface area contributed by atoms with Gasteiger partial charge in [-0.15, -0.1) is 0 Å². The predicted octanol–water partition coefficient (Wildman–Crippen LogP) is 1.85. The molecule has 0 spiro atoms. The fraction of sp³-hybridized carbons (Fsp3) is 0.714. The van der Waals surface area contributed by atoms with Crippen molar-refractivity contribution < 1.29 is 38.6 Å². The lowest BCUT2D eigenvalue weighted by molar-refractivity contribution is -0.296. The van der Waals surface area contributed by atoms with Gasteiger partial charge in [-0.25, -0.2) is 0 Å². The van der Waals surface area contributed by atoms with Crippen molar-refractivity contribution in [1.29, 1.82) is 0 Å². The van der Waals surface area contributed by atoms with Gasteiger partial charge in [-0.05, 0) is 45.4 Å². The molecule has 1 heterocycles. The van der Waals surface area contributed by atoms with E-state index in [-0.39, 0.29) is 13.2 Å². The van der Waals surface area contributed by atoms with Crippen LogP contribution in [-0.2, 0) is 30.3 Å². The molecule has 1 aromatic rings. The zero-order valence-electron chi connectivity index (χ0n) is 17.9. The number of aliphatic hydroxyl groups excluding tert-OH is 1. The van der Waals surface area contributed by atoms with Crippen molar-refractivity contribution in [1.82, 2.24) is 0 Å². The van der Waals surface area contributed by atoms with Crippen molar-refractivity contribution in [2.75, 3.05) is 33.5 Å². The highest BCUT2D eigenvalue weighted by Crippen LogP contribution is 2.33. The van der Waals surface area contributed by atoms with Crippen molar-refractivity contribution in [2.45, 2.75) is 64.2 Å². The fourth-order valence-corrected chi connectivity index (χ4v) is 3.28. The van der Waals surface area contributed by atoms with Crippen LogP contribution in [0.15, 0.2) is 24.3 Å². The highest BCUT2D eigenvalue weighted by atomic mass is 16.8. The summed E-state index contributed by atoms with van der Waals surface area (Å²) in [6.07, 6.45) is -2.67. The van der Waals surface area contributed by atoms with Crippen LogP contribution in [0.1, 0.15) is 33.3 Å². The highest BCUT2D eigenvalue weighted by Gasteiger charge is 2.53. The van der Waals surface area contributed by atoms with Crippen LogP contribution in [0.5, 0.6) is 5.75 Å². The molecule has 1 aliphatic rings. The molecule has 0 aliphatic carbocycles. The third kappa shape index (κ3) is 6.11. The normalized spacial score (nSPS) is 21.9. The molecule has 0 amide bonds. The Bertz CT molecular complexity index is 599. The summed E-state index contributed by atoms with van der Waals surface area (Å²) in [6, 6.07) is 7.39. The van der Waals surface area contributed by atoms with Crippen LogP contribution >= 0.6 is 0 Å². The van der Waals surface area contributed by atoms with Gasteiger partial charge in [0.2, 0.25) is 0 Å². The summed E-state index contributed by atoms with van der Waals surface area (Å²) < 4.78 is 34.0. The first-order valence-electron chi connectivity index (χ1n) is 9.92. The minimum atomic E-state index is -1.85. The summed E-state index contributed by atoms with van der Waals surface area (Å²) in [5.41, 5.74) is -0.980. The molecule has 1 fully saturated rings. The van der Waals surface area contributed by atoms with Gasteiger partial charge in [0.05, 0.1) is 26.9 Å². The molecule has 166 valence electrons. The van der Waals surface area contributed by atoms with Crippen LogP contribution in [0.3, 0.4) is 0 Å². The second-order valence-corrected chi connectivity index (χ2v) is 7.34. The quantitative estimate of drug-likeness (QED) is 0.501. The Balaban J connectivity index is 2.26. The monoisotopic (exact) mass is 414 g/mol. The van der Waals surface area contributed by atoms with Gasteiger partial charge in [0.15, 0.2) is 17.7 Å². The zero-order chi connectivity index (χ0) is 21.5. The van der Waals surface area contributed by atoms with Gasteiger partial charge in [-0.3, -0.25) is 0 Å². The lowest BCUT2D eigenvalue weighted by atomic mass is 9.92. The predicted molar refractivity (Wildman–Crippen MR) is 106 cm³/mol. The maximum atomic E-state index is 11.4. The van der Waals surface area contributed by atoms with Crippen molar-refractivity contribution in [3.05, 3.63) is 29.8 Å². The Morgan fingerprint density at radius 2 is 1.76 bits per heavy atom. The molecule has 2 N–H and O–H groups in total. The van der Waals surface area contributed by atoms with E-state index in [0.717, 1.165) is 11.3 Å². The molecule has 0 radical (unpaired) electrons. The first-order valence-corrected chi connectivity index (χ1v) is 9.92. The second kappa shape index (κ2) is 10.7. The maximum Gasteiger partial charge on any atom is 0.191 e. The molecule has 8 heteroatoms. The lowest BCUT2D eigenvalue weighted by Gasteiger charge is -2.41. The van der Waals surface area contributed by atoms with Crippen LogP contribution in [-0.4, -0.2) is 73.6 Å². The molecule has 1 saturated heterocycles. The number of benzene rings is 1. The first-order chi connectivity index (χ1) is 13.8. The molecule has 29 heavy (non-hydrogen) atoms. The smallest absolute Gasteiger partial charge is 0.191 e. The van der Waals surface area contributed by atoms with E-state index in [9.17, 15) is 10.2 Å². The molecule has 0 aromatic heterocycles. The van der Waals surface area contributed by atoms with Crippen LogP contribution in [0.2, 0.25) is 0 Å². The third-order valence-corrected chi connectivity index (χ3v) is 4.75. The molecule has 3 atom stereocenters. The summed E-state index contributed by atoms with van der Waals surface area (Å²) in [6.45, 7) is 7.49. The Hall–Kier alpha value is -1.26. The molecule has 0 unspecified atom stereocenters. The Kier molecular flexibility index (Phi) is 8.84. The molecule has 8 nitrogen and oxygen atoms in total. The second-order valence-electron chi connectivity index (χ2n) is 7.34. The van der Waals surface area contributed by atoms with Gasteiger partial charge < -0.3 is 38.6 Å². The number of hydrogen-bond donors (Lipinski definition) is 2. The fourth-order valence-electron chi connectivity index (χ4n) is 3.28. The molecular weight excluding hydrogens is 380 g/mol. The van der Waals surface area contributed by atoms with Gasteiger partial charge in [0.1, 0.15) is 18.0 Å². The molecular formula is C21H34O8. The largest absolute Gasteiger partial charge is 0.497 e. The van der Waals surface area contributed by atoms with E-state index >= 15 is 0 Å². The Labute approximate surface area is 172 Å². The van der Waals surface area contributed by atoms with E-state index in [4.69, 9.17) is 28.4 Å². The van der Waals surface area contributed by atoms with Crippen molar-refractivity contribution in [2.24, 2.45) is 0 Å². The molecule has 1 aliphatic heterocycles. The average molecular weight is 414 g/mol. The zero-order valence-corrected chi connectivity index (χ0v) is 17.9. The van der Waals surface area contributed by atoms with Crippen molar-refractivity contribution in [3.8, 4) is 5.75 Å². The summed E-state index contributed by atoms with van der Waals surface area (Å²) >= 11 is 0. The van der Waals surface area contributed by atoms with Gasteiger partial charge >= 0.3 is 0 Å². The number of rotatable bonds is 12. The minimum Gasteiger partial charge on any atom is -0.497 e. The summed E-state index contributed by atoms with van der Waals surface area (Å²) in [5, 5.41) is 21.5. The highest BCUT2D eigenvalue weighted by molar-refractivity contribution is 5.26. The molecule has 2 rings (SSSR count). The van der Waals surface area contributed by atoms with Crippen molar-refractivity contribution in [3.63, 3.8) is 0 Å². The van der Waals surface area contributed by atoms with Gasteiger partial charge in [-0.1, -0.05) is 12.1 Å². The average Bonchev–Trinajstić information content (AvgIpc) is 3.07. The minimum absolute atomic E-state index is 0.183. The van der Waals surface area contributed by atoms with Gasteiger partial charge in [-0.2, -0.15) is 0 Å². The standard InChI is InChI=1S/C21H34O8/c1-6-25-19(26-7-2)21(23,14-22)18(17-13-28-20(3,4)29-17)27-12-15-8-10-16(24-5)11-9-15/h8-11,17-19,22-23H,6-7,12-14H2,1-5H3/t17-,18-,21+/m1/s1. The first kappa shape index (κ1) is 24.0. The lowest BCUT2D eigenvalue weighted by Crippen LogP contribution is -2.62. The van der Waals surface area contributed by atoms with Crippen LogP contribution < -0.4 is 4.74 Å². The van der Waals surface area contributed by atoms with E-state index in [1.807, 2.05) is 24.3 Å². The number of methoxy groups -OCH3 is 1. The van der Waals surface area contributed by atoms with Gasteiger partial charge in [0.25, 0.3) is 0 Å². The van der Waals surface area contributed by atoms with Crippen LogP contribution in [0.25, 0.3) is 0 Å². The van der Waals surface area contributed by atoms with E-state index in [1.54, 1.807) is 34.8 Å². The summed E-state index contributed by atoms with van der Waals surface area (Å²) in [7, 11) is 1.60. The van der Waals surface area contributed by atoms with E-state index in [1.165, 1.54) is 0 Å². The molecule has 1 aromatic carbocycles. The topological polar surface area (TPSA) is 95.8 Å². The van der Waals surface area contributed by atoms with Crippen LogP contribution in [0, 0.1) is 0 Å². The Morgan fingerprint density at radius 3 is 2.21 bits per heavy atom. The van der Waals surface area contributed by atoms with E-state index in [0.29, 0.717) is 13.2 Å². The third-order valence-electron chi connectivity index (χ3n) is 4.75. The number of hydrogen-bond acceptors (Lipinski definition) is 8. The Morgan fingerprint density at radius 1 is 1.14 bits per heavy atom. The molecule has 0 bridgehead atoms. The van der Waals surface area contributed by atoms with Gasteiger partial charge in [0, 0.05) is 13.2 Å². The molecule has 0 saturated carbocycles. The summed E-state index contributed by atoms with van der Waals surface area (Å²) in [5.74, 6) is -0.0886. The summed E-state index contributed by atoms with van der Waals surface area (Å²) in [4.78, 5) is 0. The van der Waals surface area contributed by atoms with E-state index < -0.39 is 36.5 Å². The SMILES string of the molecule is CCOC(OCC)[C@](O)(CO)[C@H](OCc1ccc(OC)cc1)[C@H]1COC(C)(C)O1. The van der Waals surface area contributed by atoms with Crippen molar-refractivity contribution >= 4 is 0 Å². The van der Waals surface area contributed by atoms with E-state index in [2.05, 4.69) is 0 Å². The maximum absolute atomic E-state index is 11.4. The number of aliphatic hydroxyl groups is 2. The van der Waals surface area contributed by atoms with Crippen LogP contribution in [0.4, 0.5) is 0 Å². The number of ether oxygens (including phenoxy) is 6.